The van der Waals surface area contributed by atoms with Crippen molar-refractivity contribution < 1.29 is 4.79 Å². The first-order valence-electron chi connectivity index (χ1n) is 9.56. The first kappa shape index (κ1) is 18.5. The van der Waals surface area contributed by atoms with Crippen LogP contribution >= 0.6 is 0 Å². The largest absolute Gasteiger partial charge is 0.399 e. The summed E-state index contributed by atoms with van der Waals surface area (Å²) in [6, 6.07) is 19.0. The van der Waals surface area contributed by atoms with Gasteiger partial charge >= 0.3 is 0 Å². The zero-order valence-corrected chi connectivity index (χ0v) is 15.8. The highest BCUT2D eigenvalue weighted by molar-refractivity contribution is 5.94. The van der Waals surface area contributed by atoms with Gasteiger partial charge in [0, 0.05) is 43.0 Å². The monoisotopic (exact) mass is 351 g/mol. The molecule has 0 aliphatic carbocycles. The lowest BCUT2D eigenvalue weighted by Gasteiger charge is -2.41. The summed E-state index contributed by atoms with van der Waals surface area (Å²) in [5, 5.41) is 0. The van der Waals surface area contributed by atoms with Crippen LogP contribution < -0.4 is 10.6 Å². The summed E-state index contributed by atoms with van der Waals surface area (Å²) >= 11 is 0. The van der Waals surface area contributed by atoms with Crippen LogP contribution in [0.15, 0.2) is 54.6 Å². The van der Waals surface area contributed by atoms with Gasteiger partial charge in [-0.2, -0.15) is 0 Å². The average Bonchev–Trinajstić information content (AvgIpc) is 2.69. The summed E-state index contributed by atoms with van der Waals surface area (Å²) in [7, 11) is 0. The predicted octanol–water partition coefficient (Wildman–Crippen LogP) is 4.24. The lowest BCUT2D eigenvalue weighted by Crippen LogP contribution is -2.48. The topological polar surface area (TPSA) is 49.6 Å². The Labute approximate surface area is 156 Å². The smallest absolute Gasteiger partial charge is 0.226 e. The number of likely N-dealkylation sites (tertiary alicyclic amines) is 1. The van der Waals surface area contributed by atoms with E-state index in [9.17, 15) is 4.79 Å². The number of nitrogens with two attached hydrogens (primary N) is 1. The van der Waals surface area contributed by atoms with Crippen molar-refractivity contribution in [1.82, 2.24) is 4.90 Å². The molecular weight excluding hydrogens is 322 g/mol. The zero-order chi connectivity index (χ0) is 18.5. The second-order valence-corrected chi connectivity index (χ2v) is 7.07. The third kappa shape index (κ3) is 4.07. The Bertz CT molecular complexity index is 723. The minimum Gasteiger partial charge on any atom is -0.399 e. The van der Waals surface area contributed by atoms with Crippen LogP contribution in [-0.2, 0) is 4.79 Å². The maximum atomic E-state index is 12.6. The molecule has 0 aromatic heterocycles. The Morgan fingerprint density at radius 1 is 1.15 bits per heavy atom. The molecule has 1 saturated heterocycles. The Morgan fingerprint density at radius 2 is 1.85 bits per heavy atom. The van der Waals surface area contributed by atoms with Crippen LogP contribution in [0, 0.1) is 0 Å². The van der Waals surface area contributed by atoms with Crippen LogP contribution in [0.5, 0.6) is 0 Å². The normalized spacial score (nSPS) is 17.0. The molecular formula is C22H29N3O. The highest BCUT2D eigenvalue weighted by Gasteiger charge is 2.30. The van der Waals surface area contributed by atoms with Crippen molar-refractivity contribution >= 4 is 17.3 Å². The standard InChI is InChI=1S/C22H29N3O/c1-3-22(26)25(21-11-7-10-19(23)16-21)20-12-14-24(15-13-20)17(2)18-8-5-4-6-9-18/h4-11,16-17,20H,3,12-15,23H2,1-2H3. The van der Waals surface area contributed by atoms with Crippen molar-refractivity contribution in [3.63, 3.8) is 0 Å². The number of rotatable bonds is 5. The molecule has 1 heterocycles. The molecule has 0 bridgehead atoms. The first-order chi connectivity index (χ1) is 12.6. The quantitative estimate of drug-likeness (QED) is 0.820. The fourth-order valence-electron chi connectivity index (χ4n) is 3.88. The third-order valence-corrected chi connectivity index (χ3v) is 5.41. The van der Waals surface area contributed by atoms with Crippen LogP contribution in [0.3, 0.4) is 0 Å². The summed E-state index contributed by atoms with van der Waals surface area (Å²) in [6.45, 7) is 6.18. The molecule has 26 heavy (non-hydrogen) atoms. The fraction of sp³-hybridized carbons (Fsp3) is 0.409. The van der Waals surface area contributed by atoms with Crippen molar-refractivity contribution in [2.24, 2.45) is 0 Å². The van der Waals surface area contributed by atoms with E-state index in [4.69, 9.17) is 5.73 Å². The van der Waals surface area contributed by atoms with Crippen molar-refractivity contribution in [1.29, 1.82) is 0 Å². The molecule has 2 aromatic rings. The van der Waals surface area contributed by atoms with Gasteiger partial charge in [0.05, 0.1) is 0 Å². The van der Waals surface area contributed by atoms with Gasteiger partial charge in [0.1, 0.15) is 0 Å². The number of piperidine rings is 1. The summed E-state index contributed by atoms with van der Waals surface area (Å²) < 4.78 is 0. The number of amides is 1. The van der Waals surface area contributed by atoms with Crippen molar-refractivity contribution in [2.75, 3.05) is 23.7 Å². The van der Waals surface area contributed by atoms with Gasteiger partial charge in [-0.15, -0.1) is 0 Å². The van der Waals surface area contributed by atoms with E-state index in [1.807, 2.05) is 36.1 Å². The summed E-state index contributed by atoms with van der Waals surface area (Å²) in [5.41, 5.74) is 8.92. The average molecular weight is 351 g/mol. The van der Waals surface area contributed by atoms with E-state index in [2.05, 4.69) is 42.2 Å². The Hall–Kier alpha value is -2.33. The molecule has 2 N–H and O–H groups in total. The molecule has 0 spiro atoms. The Balaban J connectivity index is 1.71. The van der Waals surface area contributed by atoms with E-state index in [-0.39, 0.29) is 11.9 Å². The fourth-order valence-corrected chi connectivity index (χ4v) is 3.88. The van der Waals surface area contributed by atoms with E-state index >= 15 is 0 Å². The van der Waals surface area contributed by atoms with Gasteiger partial charge in [0.15, 0.2) is 0 Å². The lowest BCUT2D eigenvalue weighted by molar-refractivity contribution is -0.119. The molecule has 4 nitrogen and oxygen atoms in total. The second-order valence-electron chi connectivity index (χ2n) is 7.07. The van der Waals surface area contributed by atoms with Crippen LogP contribution in [0.1, 0.15) is 44.7 Å². The van der Waals surface area contributed by atoms with Gasteiger partial charge in [-0.3, -0.25) is 9.69 Å². The van der Waals surface area contributed by atoms with Crippen LogP contribution in [-0.4, -0.2) is 29.9 Å². The molecule has 1 amide bonds. The molecule has 1 atom stereocenters. The highest BCUT2D eigenvalue weighted by Crippen LogP contribution is 2.29. The number of nitrogen functional groups attached to an aromatic ring is 1. The SMILES string of the molecule is CCC(=O)N(c1cccc(N)c1)C1CCN(C(C)c2ccccc2)CC1. The molecule has 3 rings (SSSR count). The van der Waals surface area contributed by atoms with Gasteiger partial charge < -0.3 is 10.6 Å². The Morgan fingerprint density at radius 3 is 2.46 bits per heavy atom. The molecule has 0 radical (unpaired) electrons. The number of nitrogens with zero attached hydrogens (tertiary/aromatic N) is 2. The third-order valence-electron chi connectivity index (χ3n) is 5.41. The molecule has 0 saturated carbocycles. The highest BCUT2D eigenvalue weighted by atomic mass is 16.2. The van der Waals surface area contributed by atoms with Crippen molar-refractivity contribution in [3.05, 3.63) is 60.2 Å². The van der Waals surface area contributed by atoms with Gasteiger partial charge in [0.25, 0.3) is 0 Å². The number of carbonyl (C=O) groups excluding carboxylic acids is 1. The minimum absolute atomic E-state index is 0.171. The maximum absolute atomic E-state index is 12.6. The van der Waals surface area contributed by atoms with E-state index in [0.717, 1.165) is 31.6 Å². The number of hydrogen-bond acceptors (Lipinski definition) is 3. The molecule has 138 valence electrons. The van der Waals surface area contributed by atoms with Crippen LogP contribution in [0.2, 0.25) is 0 Å². The van der Waals surface area contributed by atoms with Crippen LogP contribution in [0.4, 0.5) is 11.4 Å². The summed E-state index contributed by atoms with van der Waals surface area (Å²) in [4.78, 5) is 17.1. The van der Waals surface area contributed by atoms with Crippen molar-refractivity contribution in [3.8, 4) is 0 Å². The van der Waals surface area contributed by atoms with Gasteiger partial charge in [-0.25, -0.2) is 0 Å². The van der Waals surface area contributed by atoms with Gasteiger partial charge in [0.2, 0.25) is 5.91 Å². The lowest BCUT2D eigenvalue weighted by atomic mass is 9.98. The first-order valence-corrected chi connectivity index (χ1v) is 9.56. The number of benzene rings is 2. The molecule has 1 unspecified atom stereocenters. The molecule has 1 aliphatic heterocycles. The van der Waals surface area contributed by atoms with Crippen LogP contribution in [0.25, 0.3) is 0 Å². The van der Waals surface area contributed by atoms with Gasteiger partial charge in [-0.1, -0.05) is 43.3 Å². The molecule has 2 aromatic carbocycles. The summed E-state index contributed by atoms with van der Waals surface area (Å²) in [6.07, 6.45) is 2.48. The van der Waals surface area contributed by atoms with E-state index in [1.54, 1.807) is 0 Å². The van der Waals surface area contributed by atoms with Crippen molar-refractivity contribution in [2.45, 2.75) is 45.2 Å². The van der Waals surface area contributed by atoms with E-state index < -0.39 is 0 Å². The number of carbonyl (C=O) groups is 1. The number of anilines is 2. The summed E-state index contributed by atoms with van der Waals surface area (Å²) in [5.74, 6) is 0.171. The van der Waals surface area contributed by atoms with Gasteiger partial charge in [-0.05, 0) is 43.5 Å². The zero-order valence-electron chi connectivity index (χ0n) is 15.8. The molecule has 1 aliphatic rings. The van der Waals surface area contributed by atoms with E-state index in [1.165, 1.54) is 5.56 Å². The molecule has 4 heteroatoms. The van der Waals surface area contributed by atoms with E-state index in [0.29, 0.717) is 18.2 Å². The second kappa shape index (κ2) is 8.37. The predicted molar refractivity (Wildman–Crippen MR) is 108 cm³/mol. The molecule has 1 fully saturated rings. The maximum Gasteiger partial charge on any atom is 0.226 e. The number of hydrogen-bond donors (Lipinski definition) is 1. The Kier molecular flexibility index (Phi) is 5.94. The minimum atomic E-state index is 0.171.